The number of nitrogens with zero attached hydrogens (tertiary/aromatic N) is 4. The minimum Gasteiger partial charge on any atom is -0.383 e. The lowest BCUT2D eigenvalue weighted by molar-refractivity contribution is -0.119. The molecular weight excluding hydrogens is 304 g/mol. The van der Waals surface area contributed by atoms with E-state index >= 15 is 0 Å². The number of carbonyl (C=O) groups is 1. The van der Waals surface area contributed by atoms with E-state index in [4.69, 9.17) is 10.5 Å². The van der Waals surface area contributed by atoms with Crippen LogP contribution in [0.3, 0.4) is 0 Å². The number of aromatic nitrogens is 1. The summed E-state index contributed by atoms with van der Waals surface area (Å²) >= 11 is 1.63. The van der Waals surface area contributed by atoms with Crippen molar-refractivity contribution in [3.63, 3.8) is 0 Å². The lowest BCUT2D eigenvalue weighted by Gasteiger charge is -2.35. The van der Waals surface area contributed by atoms with Crippen molar-refractivity contribution in [2.45, 2.75) is 0 Å². The number of rotatable bonds is 6. The van der Waals surface area contributed by atoms with Crippen LogP contribution in [0, 0.1) is 0 Å². The van der Waals surface area contributed by atoms with Gasteiger partial charge in [-0.2, -0.15) is 0 Å². The van der Waals surface area contributed by atoms with Crippen molar-refractivity contribution in [3.8, 4) is 0 Å². The van der Waals surface area contributed by atoms with Gasteiger partial charge in [0.15, 0.2) is 11.1 Å². The van der Waals surface area contributed by atoms with Gasteiger partial charge in [-0.05, 0) is 0 Å². The fourth-order valence-corrected chi connectivity index (χ4v) is 2.80. The molecule has 1 amide bonds. The molecule has 1 saturated heterocycles. The van der Waals surface area contributed by atoms with Crippen LogP contribution in [-0.4, -0.2) is 74.7 Å². The van der Waals surface area contributed by atoms with Crippen LogP contribution in [0.5, 0.6) is 0 Å². The van der Waals surface area contributed by atoms with E-state index in [1.54, 1.807) is 18.4 Å². The van der Waals surface area contributed by atoms with Crippen LogP contribution in [0.2, 0.25) is 0 Å². The molecular formula is C13H22N6O2S. The lowest BCUT2D eigenvalue weighted by atomic mass is 10.3. The predicted molar refractivity (Wildman–Crippen MR) is 87.3 cm³/mol. The second kappa shape index (κ2) is 8.54. The van der Waals surface area contributed by atoms with Crippen molar-refractivity contribution in [2.75, 3.05) is 57.9 Å². The second-order valence-corrected chi connectivity index (χ2v) is 5.68. The van der Waals surface area contributed by atoms with Gasteiger partial charge in [0.1, 0.15) is 6.54 Å². The molecule has 1 fully saturated rings. The number of methoxy groups -OCH3 is 1. The van der Waals surface area contributed by atoms with Crippen molar-refractivity contribution in [3.05, 3.63) is 11.6 Å². The van der Waals surface area contributed by atoms with Gasteiger partial charge in [-0.15, -0.1) is 11.3 Å². The van der Waals surface area contributed by atoms with E-state index in [2.05, 4.69) is 20.2 Å². The fraction of sp³-hybridized carbons (Fsp3) is 0.615. The molecule has 3 N–H and O–H groups in total. The van der Waals surface area contributed by atoms with Gasteiger partial charge in [-0.25, -0.2) is 9.98 Å². The van der Waals surface area contributed by atoms with Gasteiger partial charge in [-0.3, -0.25) is 4.79 Å². The van der Waals surface area contributed by atoms with Crippen LogP contribution in [0.15, 0.2) is 16.6 Å². The predicted octanol–water partition coefficient (Wildman–Crippen LogP) is -0.658. The van der Waals surface area contributed by atoms with Gasteiger partial charge in [0.25, 0.3) is 0 Å². The summed E-state index contributed by atoms with van der Waals surface area (Å²) in [6.07, 6.45) is 1.81. The third-order valence-electron chi connectivity index (χ3n) is 3.31. The molecule has 0 bridgehead atoms. The average molecular weight is 326 g/mol. The number of nitrogens with one attached hydrogen (secondary N) is 1. The normalized spacial score (nSPS) is 16.0. The number of thiazole rings is 1. The number of amides is 1. The number of aliphatic imine (C=N–C) groups is 1. The summed E-state index contributed by atoms with van der Waals surface area (Å²) < 4.78 is 4.86. The van der Waals surface area contributed by atoms with Gasteiger partial charge >= 0.3 is 0 Å². The van der Waals surface area contributed by atoms with E-state index in [1.807, 2.05) is 16.5 Å². The zero-order valence-electron chi connectivity index (χ0n) is 12.7. The average Bonchev–Trinajstić information content (AvgIpc) is 3.07. The molecule has 122 valence electrons. The summed E-state index contributed by atoms with van der Waals surface area (Å²) in [7, 11) is 1.59. The Morgan fingerprint density at radius 3 is 2.91 bits per heavy atom. The van der Waals surface area contributed by atoms with Crippen molar-refractivity contribution in [2.24, 2.45) is 10.7 Å². The Morgan fingerprint density at radius 2 is 2.27 bits per heavy atom. The Bertz CT molecular complexity index is 485. The number of nitrogens with two attached hydrogens (primary N) is 1. The van der Waals surface area contributed by atoms with Crippen LogP contribution in [0.1, 0.15) is 0 Å². The minimum atomic E-state index is -0.151. The molecule has 2 rings (SSSR count). The zero-order valence-corrected chi connectivity index (χ0v) is 13.5. The minimum absolute atomic E-state index is 0.0439. The summed E-state index contributed by atoms with van der Waals surface area (Å²) in [5.41, 5.74) is 5.96. The first-order chi connectivity index (χ1) is 10.7. The summed E-state index contributed by atoms with van der Waals surface area (Å²) in [4.78, 5) is 24.2. The number of piperazine rings is 1. The summed E-state index contributed by atoms with van der Waals surface area (Å²) in [5, 5.41) is 5.71. The first-order valence-electron chi connectivity index (χ1n) is 7.15. The summed E-state index contributed by atoms with van der Waals surface area (Å²) in [5.74, 6) is 0.266. The van der Waals surface area contributed by atoms with Crippen molar-refractivity contribution in [1.82, 2.24) is 15.2 Å². The topological polar surface area (TPSA) is 96.1 Å². The highest BCUT2D eigenvalue weighted by molar-refractivity contribution is 7.13. The Kier molecular flexibility index (Phi) is 6.41. The van der Waals surface area contributed by atoms with E-state index in [0.29, 0.717) is 19.1 Å². The summed E-state index contributed by atoms with van der Waals surface area (Å²) in [6.45, 7) is 4.27. The van der Waals surface area contributed by atoms with Crippen LogP contribution >= 0.6 is 11.3 Å². The second-order valence-electron chi connectivity index (χ2n) is 4.81. The van der Waals surface area contributed by atoms with Gasteiger partial charge in [0.2, 0.25) is 5.91 Å². The molecule has 1 aliphatic heterocycles. The maximum atomic E-state index is 11.5. The van der Waals surface area contributed by atoms with E-state index in [0.717, 1.165) is 31.3 Å². The smallest absolute Gasteiger partial charge is 0.241 e. The number of hydrogen-bond donors (Lipinski definition) is 2. The molecule has 0 unspecified atom stereocenters. The first-order valence-corrected chi connectivity index (χ1v) is 8.03. The largest absolute Gasteiger partial charge is 0.383 e. The van der Waals surface area contributed by atoms with Crippen LogP contribution in [0.4, 0.5) is 5.13 Å². The van der Waals surface area contributed by atoms with Gasteiger partial charge in [0.05, 0.1) is 6.61 Å². The molecule has 1 aliphatic rings. The zero-order chi connectivity index (χ0) is 15.8. The molecule has 0 aliphatic carbocycles. The molecule has 22 heavy (non-hydrogen) atoms. The number of carbonyl (C=O) groups excluding carboxylic acids is 1. The highest BCUT2D eigenvalue weighted by atomic mass is 32.1. The van der Waals surface area contributed by atoms with Crippen molar-refractivity contribution in [1.29, 1.82) is 0 Å². The number of guanidine groups is 1. The maximum absolute atomic E-state index is 11.5. The monoisotopic (exact) mass is 326 g/mol. The van der Waals surface area contributed by atoms with Crippen molar-refractivity contribution >= 4 is 28.3 Å². The standard InChI is InChI=1S/C13H22N6O2S/c1-21-8-2-15-11(20)10-17-12(14)18-4-6-19(7-5-18)13-16-3-9-22-13/h3,9H,2,4-8,10H2,1H3,(H2,14,17)(H,15,20). The van der Waals surface area contributed by atoms with E-state index in [-0.39, 0.29) is 12.5 Å². The van der Waals surface area contributed by atoms with E-state index in [9.17, 15) is 4.79 Å². The molecule has 0 aromatic carbocycles. The lowest BCUT2D eigenvalue weighted by Crippen LogP contribution is -2.51. The third kappa shape index (κ3) is 4.85. The Hall–Kier alpha value is -1.87. The Labute approximate surface area is 134 Å². The Balaban J connectivity index is 1.73. The molecule has 0 atom stereocenters. The highest BCUT2D eigenvalue weighted by Crippen LogP contribution is 2.18. The SMILES string of the molecule is COCCNC(=O)CN=C(N)N1CCN(c2nccs2)CC1. The van der Waals surface area contributed by atoms with Gasteiger partial charge < -0.3 is 25.6 Å². The fourth-order valence-electron chi connectivity index (χ4n) is 2.10. The van der Waals surface area contributed by atoms with E-state index < -0.39 is 0 Å². The van der Waals surface area contributed by atoms with Gasteiger partial charge in [0, 0.05) is 51.4 Å². The molecule has 0 spiro atoms. The van der Waals surface area contributed by atoms with Crippen LogP contribution in [0.25, 0.3) is 0 Å². The Morgan fingerprint density at radius 1 is 1.50 bits per heavy atom. The molecule has 1 aromatic heterocycles. The van der Waals surface area contributed by atoms with E-state index in [1.165, 1.54) is 0 Å². The number of ether oxygens (including phenoxy) is 1. The maximum Gasteiger partial charge on any atom is 0.241 e. The third-order valence-corrected chi connectivity index (χ3v) is 4.14. The quantitative estimate of drug-likeness (QED) is 0.409. The van der Waals surface area contributed by atoms with Crippen molar-refractivity contribution < 1.29 is 9.53 Å². The number of anilines is 1. The first kappa shape index (κ1) is 16.5. The van der Waals surface area contributed by atoms with Crippen LogP contribution < -0.4 is 16.0 Å². The highest BCUT2D eigenvalue weighted by Gasteiger charge is 2.19. The van der Waals surface area contributed by atoms with Gasteiger partial charge in [-0.1, -0.05) is 0 Å². The molecule has 0 saturated carbocycles. The molecule has 9 heteroatoms. The van der Waals surface area contributed by atoms with Crippen LogP contribution in [-0.2, 0) is 9.53 Å². The summed E-state index contributed by atoms with van der Waals surface area (Å²) in [6, 6.07) is 0. The molecule has 8 nitrogen and oxygen atoms in total. The number of hydrogen-bond acceptors (Lipinski definition) is 6. The molecule has 2 heterocycles. The molecule has 0 radical (unpaired) electrons. The molecule has 1 aromatic rings.